The van der Waals surface area contributed by atoms with Crippen LogP contribution in [0.3, 0.4) is 0 Å². The van der Waals surface area contributed by atoms with Crippen molar-refractivity contribution in [2.45, 2.75) is 62.5 Å². The van der Waals surface area contributed by atoms with Gasteiger partial charge in [0.25, 0.3) is 0 Å². The lowest BCUT2D eigenvalue weighted by Crippen LogP contribution is -2.45. The summed E-state index contributed by atoms with van der Waals surface area (Å²) in [4.78, 5) is 17.8. The van der Waals surface area contributed by atoms with Crippen molar-refractivity contribution in [3.8, 4) is 23.1 Å². The number of hydrogen-bond acceptors (Lipinski definition) is 9. The highest BCUT2D eigenvalue weighted by Gasteiger charge is 2.49. The molecule has 46 heavy (non-hydrogen) atoms. The maximum absolute atomic E-state index is 16.8. The van der Waals surface area contributed by atoms with Gasteiger partial charge in [-0.2, -0.15) is 23.1 Å². The van der Waals surface area contributed by atoms with Gasteiger partial charge in [-0.15, -0.1) is 0 Å². The van der Waals surface area contributed by atoms with E-state index in [4.69, 9.17) is 31.8 Å². The number of aromatic nitrogens is 3. The quantitative estimate of drug-likeness (QED) is 0.245. The number of halogens is 6. The largest absolute Gasteiger partial charge is 0.477 e. The van der Waals surface area contributed by atoms with E-state index in [2.05, 4.69) is 25.1 Å². The van der Waals surface area contributed by atoms with Crippen molar-refractivity contribution in [2.24, 2.45) is 5.92 Å². The number of anilines is 2. The normalized spacial score (nSPS) is 26.2. The van der Waals surface area contributed by atoms with Crippen LogP contribution in [-0.2, 0) is 6.18 Å². The molecule has 3 aromatic rings. The number of pyridine rings is 1. The van der Waals surface area contributed by atoms with E-state index in [1.807, 2.05) is 7.05 Å². The van der Waals surface area contributed by atoms with E-state index in [0.29, 0.717) is 31.9 Å². The highest BCUT2D eigenvalue weighted by molar-refractivity contribution is 6.32. The van der Waals surface area contributed by atoms with Crippen LogP contribution in [-0.4, -0.2) is 84.0 Å². The first kappa shape index (κ1) is 31.4. The van der Waals surface area contributed by atoms with E-state index in [-0.39, 0.29) is 53.7 Å². The van der Waals surface area contributed by atoms with Crippen molar-refractivity contribution in [2.75, 3.05) is 57.1 Å². The van der Waals surface area contributed by atoms with Gasteiger partial charge in [-0.25, -0.2) is 13.8 Å². The SMILES string of the molecule is CNCCN1c2nc(OC[C@@]34CCCN3C[C@H](F)C4)nc3c(F)c(-c4cc(N)cc(Cl)c4C(F)(F)F)nc(c23)OCC2CCCC21. The standard InChI is InChI=1S/C31H35ClF5N7O2/c1-39-7-9-44-21-5-2-4-16(21)14-45-28-22-26(24(34)25(40-28)19-10-18(38)11-20(32)23(19)31(35,36)37)41-29(42-27(22)44)46-15-30-6-3-8-43(30)13-17(33)12-30/h10-11,16-17,21,39H,2-9,12-15,38H2,1H3/t16?,17-,21?,30+/m1/s1. The highest BCUT2D eigenvalue weighted by atomic mass is 35.5. The van der Waals surface area contributed by atoms with Crippen LogP contribution < -0.4 is 25.4 Å². The van der Waals surface area contributed by atoms with Gasteiger partial charge in [-0.1, -0.05) is 18.0 Å². The number of nitrogens with zero attached hydrogens (tertiary/aromatic N) is 5. The van der Waals surface area contributed by atoms with Gasteiger partial charge >= 0.3 is 12.2 Å². The number of rotatable bonds is 7. The zero-order valence-corrected chi connectivity index (χ0v) is 26.0. The van der Waals surface area contributed by atoms with Crippen LogP contribution in [0.15, 0.2) is 12.1 Å². The Bertz CT molecular complexity index is 1660. The molecule has 9 nitrogen and oxygen atoms in total. The molecule has 2 aromatic heterocycles. The Balaban J connectivity index is 1.43. The molecule has 0 radical (unpaired) electrons. The lowest BCUT2D eigenvalue weighted by molar-refractivity contribution is -0.137. The molecule has 248 valence electrons. The molecule has 2 saturated heterocycles. The topological polar surface area (TPSA) is 102 Å². The molecule has 1 saturated carbocycles. The van der Waals surface area contributed by atoms with Crippen LogP contribution in [0.2, 0.25) is 5.02 Å². The van der Waals surface area contributed by atoms with E-state index in [0.717, 1.165) is 50.8 Å². The number of nitrogen functional groups attached to an aromatic ring is 1. The number of nitrogens with two attached hydrogens (primary N) is 1. The summed E-state index contributed by atoms with van der Waals surface area (Å²) in [7, 11) is 1.83. The summed E-state index contributed by atoms with van der Waals surface area (Å²) in [6.45, 7) is 2.50. The van der Waals surface area contributed by atoms with Crippen molar-refractivity contribution in [1.29, 1.82) is 0 Å². The second-order valence-corrected chi connectivity index (χ2v) is 13.2. The minimum Gasteiger partial charge on any atom is -0.477 e. The third kappa shape index (κ3) is 5.35. The summed E-state index contributed by atoms with van der Waals surface area (Å²) in [5, 5.41) is 2.61. The Kier molecular flexibility index (Phi) is 8.03. The van der Waals surface area contributed by atoms with Gasteiger partial charge in [0, 0.05) is 49.3 Å². The number of likely N-dealkylation sites (N-methyl/N-ethyl adjacent to an activating group) is 1. The number of nitrogens with one attached hydrogen (secondary N) is 1. The summed E-state index contributed by atoms with van der Waals surface area (Å²) in [6, 6.07) is 1.82. The van der Waals surface area contributed by atoms with Crippen molar-refractivity contribution in [3.63, 3.8) is 0 Å². The number of benzene rings is 1. The lowest BCUT2D eigenvalue weighted by Gasteiger charge is -2.37. The zero-order valence-electron chi connectivity index (χ0n) is 25.3. The maximum Gasteiger partial charge on any atom is 0.418 e. The van der Waals surface area contributed by atoms with Crippen LogP contribution in [0.5, 0.6) is 11.9 Å². The average molecular weight is 668 g/mol. The minimum absolute atomic E-state index is 0.0193. The monoisotopic (exact) mass is 667 g/mol. The Morgan fingerprint density at radius 2 is 2.02 bits per heavy atom. The minimum atomic E-state index is -4.94. The molecular weight excluding hydrogens is 633 g/mol. The van der Waals surface area contributed by atoms with Gasteiger partial charge in [0.2, 0.25) is 5.88 Å². The molecule has 0 spiro atoms. The molecule has 2 unspecified atom stereocenters. The molecular formula is C31H35ClF5N7O2. The van der Waals surface area contributed by atoms with Gasteiger partial charge in [0.05, 0.1) is 22.7 Å². The predicted octanol–water partition coefficient (Wildman–Crippen LogP) is 5.63. The second kappa shape index (κ2) is 11.8. The molecule has 1 aliphatic carbocycles. The number of fused-ring (bicyclic) bond motifs is 2. The van der Waals surface area contributed by atoms with Crippen molar-refractivity contribution < 1.29 is 31.4 Å². The second-order valence-electron chi connectivity index (χ2n) is 12.8. The molecule has 1 aromatic carbocycles. The number of hydrogen-bond donors (Lipinski definition) is 2. The van der Waals surface area contributed by atoms with Gasteiger partial charge in [0.15, 0.2) is 5.82 Å². The summed E-state index contributed by atoms with van der Waals surface area (Å²) >= 11 is 6.04. The van der Waals surface area contributed by atoms with E-state index >= 15 is 4.39 Å². The van der Waals surface area contributed by atoms with Gasteiger partial charge in [0.1, 0.15) is 35.2 Å². The molecule has 3 fully saturated rings. The van der Waals surface area contributed by atoms with Crippen LogP contribution in [0, 0.1) is 11.7 Å². The molecule has 7 rings (SSSR count). The molecule has 3 aliphatic heterocycles. The van der Waals surface area contributed by atoms with E-state index < -0.39 is 45.5 Å². The maximum atomic E-state index is 16.8. The fourth-order valence-corrected chi connectivity index (χ4v) is 8.21. The fourth-order valence-electron chi connectivity index (χ4n) is 7.88. The third-order valence-electron chi connectivity index (χ3n) is 9.92. The smallest absolute Gasteiger partial charge is 0.418 e. The van der Waals surface area contributed by atoms with Crippen molar-refractivity contribution in [3.05, 3.63) is 28.5 Å². The molecule has 3 N–H and O–H groups in total. The highest BCUT2D eigenvalue weighted by Crippen LogP contribution is 2.47. The zero-order chi connectivity index (χ0) is 32.4. The molecule has 5 heterocycles. The van der Waals surface area contributed by atoms with Crippen molar-refractivity contribution >= 4 is 34.0 Å². The van der Waals surface area contributed by atoms with Crippen LogP contribution >= 0.6 is 11.6 Å². The molecule has 0 bridgehead atoms. The summed E-state index contributed by atoms with van der Waals surface area (Å²) in [5.74, 6) is -0.799. The first-order chi connectivity index (χ1) is 22.0. The third-order valence-corrected chi connectivity index (χ3v) is 10.2. The van der Waals surface area contributed by atoms with E-state index in [1.54, 1.807) is 0 Å². The Hall–Kier alpha value is -3.23. The molecule has 4 atom stereocenters. The Morgan fingerprint density at radius 1 is 1.20 bits per heavy atom. The number of ether oxygens (including phenoxy) is 2. The summed E-state index contributed by atoms with van der Waals surface area (Å²) < 4.78 is 86.6. The predicted molar refractivity (Wildman–Crippen MR) is 164 cm³/mol. The van der Waals surface area contributed by atoms with Crippen molar-refractivity contribution in [1.82, 2.24) is 25.2 Å². The van der Waals surface area contributed by atoms with Gasteiger partial charge in [-0.05, 0) is 51.4 Å². The van der Waals surface area contributed by atoms with E-state index in [1.165, 1.54) is 0 Å². The first-order valence-corrected chi connectivity index (χ1v) is 16.0. The summed E-state index contributed by atoms with van der Waals surface area (Å²) in [6.07, 6.45) is -1.31. The van der Waals surface area contributed by atoms with E-state index in [9.17, 15) is 17.6 Å². The fraction of sp³-hybridized carbons (Fsp3) is 0.581. The van der Waals surface area contributed by atoms with Crippen LogP contribution in [0.25, 0.3) is 22.2 Å². The van der Waals surface area contributed by atoms with Crippen LogP contribution in [0.4, 0.5) is 33.5 Å². The average Bonchev–Trinajstić information content (AvgIpc) is 3.68. The first-order valence-electron chi connectivity index (χ1n) is 15.6. The number of alkyl halides is 4. The lowest BCUT2D eigenvalue weighted by atomic mass is 9.95. The summed E-state index contributed by atoms with van der Waals surface area (Å²) in [5.41, 5.74) is 2.42. The van der Waals surface area contributed by atoms with Gasteiger partial charge in [-0.3, -0.25) is 4.90 Å². The molecule has 0 amide bonds. The Labute approximate surface area is 267 Å². The molecule has 4 aliphatic rings. The molecule has 15 heteroatoms. The van der Waals surface area contributed by atoms with Gasteiger partial charge < -0.3 is 25.4 Å². The van der Waals surface area contributed by atoms with Crippen LogP contribution in [0.1, 0.15) is 44.1 Å². The Morgan fingerprint density at radius 3 is 2.80 bits per heavy atom.